The van der Waals surface area contributed by atoms with Gasteiger partial charge in [-0.05, 0) is 12.0 Å². The van der Waals surface area contributed by atoms with Crippen molar-refractivity contribution in [2.24, 2.45) is 0 Å². The summed E-state index contributed by atoms with van der Waals surface area (Å²) in [6.45, 7) is 6.85. The Kier molecular flexibility index (Phi) is 6.16. The number of hydrogen-bond donors (Lipinski definition) is 1. The Morgan fingerprint density at radius 3 is 3.00 bits per heavy atom. The van der Waals surface area contributed by atoms with Gasteiger partial charge in [-0.25, -0.2) is 4.98 Å². The van der Waals surface area contributed by atoms with E-state index >= 15 is 0 Å². The van der Waals surface area contributed by atoms with Gasteiger partial charge in [0.15, 0.2) is 0 Å². The first-order chi connectivity index (χ1) is 11.3. The predicted molar refractivity (Wildman–Crippen MR) is 94.5 cm³/mol. The summed E-state index contributed by atoms with van der Waals surface area (Å²) in [4.78, 5) is 6.84. The fourth-order valence-electron chi connectivity index (χ4n) is 3.06. The number of nitrogens with one attached hydrogen (secondary N) is 1. The predicted octanol–water partition coefficient (Wildman–Crippen LogP) is 2.91. The van der Waals surface area contributed by atoms with Crippen LogP contribution in [0.3, 0.4) is 0 Å². The lowest BCUT2D eigenvalue weighted by Gasteiger charge is -2.37. The summed E-state index contributed by atoms with van der Waals surface area (Å²) in [5.41, 5.74) is 4.37. The van der Waals surface area contributed by atoms with E-state index < -0.39 is 0 Å². The molecule has 124 valence electrons. The van der Waals surface area contributed by atoms with Crippen LogP contribution in [-0.4, -0.2) is 41.7 Å². The average Bonchev–Trinajstić information content (AvgIpc) is 3.10. The summed E-state index contributed by atoms with van der Waals surface area (Å²) in [7, 11) is 0. The number of hydrogen-bond acceptors (Lipinski definition) is 5. The van der Waals surface area contributed by atoms with E-state index in [0.29, 0.717) is 6.04 Å². The molecule has 1 aromatic heterocycles. The highest BCUT2D eigenvalue weighted by atomic mass is 32.1. The Morgan fingerprint density at radius 1 is 1.39 bits per heavy atom. The number of morpholine rings is 1. The first-order valence-electron chi connectivity index (χ1n) is 8.33. The number of nitrogens with zero attached hydrogens (tertiary/aromatic N) is 2. The van der Waals surface area contributed by atoms with Gasteiger partial charge < -0.3 is 10.1 Å². The van der Waals surface area contributed by atoms with Gasteiger partial charge in [-0.1, -0.05) is 37.3 Å². The fourth-order valence-corrected chi connectivity index (χ4v) is 3.62. The fraction of sp³-hybridized carbons (Fsp3) is 0.500. The Labute approximate surface area is 142 Å². The maximum absolute atomic E-state index is 6.05. The molecule has 2 atom stereocenters. The maximum Gasteiger partial charge on any atom is 0.0855 e. The monoisotopic (exact) mass is 331 g/mol. The lowest BCUT2D eigenvalue weighted by Crippen LogP contribution is -2.51. The molecule has 1 N–H and O–H groups in total. The normalized spacial score (nSPS) is 20.5. The molecule has 2 heterocycles. The van der Waals surface area contributed by atoms with Crippen molar-refractivity contribution in [2.45, 2.75) is 38.6 Å². The third-order valence-corrected chi connectivity index (χ3v) is 4.98. The van der Waals surface area contributed by atoms with Crippen LogP contribution in [0.25, 0.3) is 0 Å². The number of ether oxygens (including phenoxy) is 1. The molecule has 4 nitrogen and oxygen atoms in total. The smallest absolute Gasteiger partial charge is 0.0855 e. The number of benzene rings is 1. The van der Waals surface area contributed by atoms with E-state index in [1.807, 2.05) is 5.51 Å². The molecule has 0 aliphatic carbocycles. The minimum absolute atomic E-state index is 0.246. The summed E-state index contributed by atoms with van der Waals surface area (Å²) in [5, 5.41) is 5.72. The van der Waals surface area contributed by atoms with E-state index in [0.717, 1.165) is 44.9 Å². The lowest BCUT2D eigenvalue weighted by molar-refractivity contribution is -0.0499. The lowest BCUT2D eigenvalue weighted by atomic mass is 10.1. The molecule has 0 radical (unpaired) electrons. The summed E-state index contributed by atoms with van der Waals surface area (Å²) >= 11 is 1.65. The third kappa shape index (κ3) is 4.85. The van der Waals surface area contributed by atoms with Crippen molar-refractivity contribution in [3.8, 4) is 0 Å². The minimum atomic E-state index is 0.246. The van der Waals surface area contributed by atoms with Crippen LogP contribution in [0.1, 0.15) is 24.6 Å². The molecule has 3 rings (SSSR count). The Morgan fingerprint density at radius 2 is 2.26 bits per heavy atom. The zero-order valence-electron chi connectivity index (χ0n) is 13.6. The second kappa shape index (κ2) is 8.55. The van der Waals surface area contributed by atoms with Gasteiger partial charge in [0.05, 0.1) is 23.9 Å². The second-order valence-electron chi connectivity index (χ2n) is 6.01. The Bertz CT molecular complexity index is 561. The number of thiazole rings is 1. The zero-order valence-corrected chi connectivity index (χ0v) is 14.5. The van der Waals surface area contributed by atoms with Gasteiger partial charge in [0, 0.05) is 37.6 Å². The molecular weight excluding hydrogens is 306 g/mol. The molecule has 0 amide bonds. The molecule has 0 bridgehead atoms. The molecule has 1 aliphatic rings. The molecule has 0 spiro atoms. The highest BCUT2D eigenvalue weighted by Crippen LogP contribution is 2.15. The Hall–Kier alpha value is -1.27. The van der Waals surface area contributed by atoms with Gasteiger partial charge in [-0.3, -0.25) is 4.90 Å². The van der Waals surface area contributed by atoms with Crippen LogP contribution in [0.2, 0.25) is 0 Å². The van der Waals surface area contributed by atoms with Crippen molar-refractivity contribution >= 4 is 11.3 Å². The van der Waals surface area contributed by atoms with Crippen LogP contribution in [0.5, 0.6) is 0 Å². The Balaban J connectivity index is 1.53. The standard InChI is InChI=1S/C18H25N3OS/c1-2-17(19-10-16-13-23-14-20-16)18-12-21(8-9-22-18)11-15-6-4-3-5-7-15/h3-7,13-14,17-19H,2,8-12H2,1H3/t17-,18+/m0/s1. The summed E-state index contributed by atoms with van der Waals surface area (Å²) in [6.07, 6.45) is 1.31. The quantitative estimate of drug-likeness (QED) is 0.846. The molecule has 23 heavy (non-hydrogen) atoms. The highest BCUT2D eigenvalue weighted by molar-refractivity contribution is 7.07. The largest absolute Gasteiger partial charge is 0.374 e. The molecular formula is C18H25N3OS. The SMILES string of the molecule is CC[C@H](NCc1cscn1)[C@H]1CN(Cc2ccccc2)CCO1. The zero-order chi connectivity index (χ0) is 15.9. The van der Waals surface area contributed by atoms with Gasteiger partial charge in [0.25, 0.3) is 0 Å². The van der Waals surface area contributed by atoms with Crippen molar-refractivity contribution < 1.29 is 4.74 Å². The molecule has 0 saturated carbocycles. The molecule has 1 fully saturated rings. The van der Waals surface area contributed by atoms with Gasteiger partial charge in [0.2, 0.25) is 0 Å². The van der Waals surface area contributed by atoms with E-state index in [9.17, 15) is 0 Å². The van der Waals surface area contributed by atoms with Crippen molar-refractivity contribution in [3.05, 3.63) is 52.5 Å². The first-order valence-corrected chi connectivity index (χ1v) is 9.27. The van der Waals surface area contributed by atoms with Gasteiger partial charge in [0.1, 0.15) is 0 Å². The van der Waals surface area contributed by atoms with Crippen molar-refractivity contribution in [1.82, 2.24) is 15.2 Å². The summed E-state index contributed by atoms with van der Waals surface area (Å²) in [6, 6.07) is 11.1. The van der Waals surface area contributed by atoms with Crippen LogP contribution in [0, 0.1) is 0 Å². The van der Waals surface area contributed by atoms with Crippen molar-refractivity contribution in [2.75, 3.05) is 19.7 Å². The van der Waals surface area contributed by atoms with E-state index in [-0.39, 0.29) is 6.10 Å². The summed E-state index contributed by atoms with van der Waals surface area (Å²) < 4.78 is 6.05. The molecule has 1 saturated heterocycles. The second-order valence-corrected chi connectivity index (χ2v) is 6.72. The molecule has 1 aliphatic heterocycles. The van der Waals surface area contributed by atoms with E-state index in [4.69, 9.17) is 4.74 Å². The van der Waals surface area contributed by atoms with Crippen molar-refractivity contribution in [3.63, 3.8) is 0 Å². The van der Waals surface area contributed by atoms with Crippen LogP contribution >= 0.6 is 11.3 Å². The van der Waals surface area contributed by atoms with E-state index in [2.05, 4.69) is 57.8 Å². The van der Waals surface area contributed by atoms with Crippen LogP contribution in [-0.2, 0) is 17.8 Å². The van der Waals surface area contributed by atoms with Crippen molar-refractivity contribution in [1.29, 1.82) is 0 Å². The molecule has 0 unspecified atom stereocenters. The van der Waals surface area contributed by atoms with Crippen LogP contribution in [0.4, 0.5) is 0 Å². The molecule has 2 aromatic rings. The van der Waals surface area contributed by atoms with Gasteiger partial charge in [-0.2, -0.15) is 0 Å². The molecule has 5 heteroatoms. The van der Waals surface area contributed by atoms with Gasteiger partial charge >= 0.3 is 0 Å². The average molecular weight is 331 g/mol. The van der Waals surface area contributed by atoms with Gasteiger partial charge in [-0.15, -0.1) is 11.3 Å². The van der Waals surface area contributed by atoms with Crippen LogP contribution in [0.15, 0.2) is 41.2 Å². The van der Waals surface area contributed by atoms with E-state index in [1.165, 1.54) is 5.56 Å². The van der Waals surface area contributed by atoms with E-state index in [1.54, 1.807) is 11.3 Å². The minimum Gasteiger partial charge on any atom is -0.374 e. The molecule has 1 aromatic carbocycles. The number of aromatic nitrogens is 1. The van der Waals surface area contributed by atoms with Crippen LogP contribution < -0.4 is 5.32 Å². The topological polar surface area (TPSA) is 37.4 Å². The summed E-state index contributed by atoms with van der Waals surface area (Å²) in [5.74, 6) is 0. The third-order valence-electron chi connectivity index (χ3n) is 4.34. The first kappa shape index (κ1) is 16.6. The highest BCUT2D eigenvalue weighted by Gasteiger charge is 2.27. The maximum atomic E-state index is 6.05. The number of rotatable bonds is 7.